The molecule has 1 fully saturated rings. The monoisotopic (exact) mass is 637 g/mol. The molecule has 236 valence electrons. The van der Waals surface area contributed by atoms with E-state index < -0.39 is 9.84 Å². The van der Waals surface area contributed by atoms with Crippen LogP contribution in [-0.2, 0) is 27.5 Å². The molecule has 2 aliphatic heterocycles. The van der Waals surface area contributed by atoms with E-state index in [0.717, 1.165) is 54.9 Å². The van der Waals surface area contributed by atoms with Crippen molar-refractivity contribution in [2.24, 2.45) is 11.8 Å². The Kier molecular flexibility index (Phi) is 7.90. The summed E-state index contributed by atoms with van der Waals surface area (Å²) >= 11 is 0. The first-order valence-corrected chi connectivity index (χ1v) is 17.3. The number of nitriles is 1. The molecule has 0 aromatic carbocycles. The molecule has 0 spiro atoms. The summed E-state index contributed by atoms with van der Waals surface area (Å²) in [5, 5.41) is 18.5. The van der Waals surface area contributed by atoms with Gasteiger partial charge >= 0.3 is 0 Å². The Bertz CT molecular complexity index is 2070. The minimum absolute atomic E-state index is 0.00929. The maximum Gasteiger partial charge on any atom is 0.250 e. The van der Waals surface area contributed by atoms with Gasteiger partial charge in [0.05, 0.1) is 45.4 Å². The highest BCUT2D eigenvalue weighted by atomic mass is 32.2. The molecular weight excluding hydrogens is 602 g/mol. The lowest BCUT2D eigenvalue weighted by molar-refractivity contribution is 0.0639. The first kappa shape index (κ1) is 30.2. The summed E-state index contributed by atoms with van der Waals surface area (Å²) in [6, 6.07) is 9.61. The van der Waals surface area contributed by atoms with Gasteiger partial charge in [-0.05, 0) is 61.8 Å². The van der Waals surface area contributed by atoms with Crippen molar-refractivity contribution in [1.82, 2.24) is 29.7 Å². The topological polar surface area (TPSA) is 150 Å². The van der Waals surface area contributed by atoms with Crippen LogP contribution in [0.5, 0.6) is 0 Å². The molecule has 0 N–H and O–H groups in total. The van der Waals surface area contributed by atoms with Gasteiger partial charge in [0.1, 0.15) is 11.7 Å². The third kappa shape index (κ3) is 5.58. The van der Waals surface area contributed by atoms with E-state index in [1.54, 1.807) is 25.4 Å². The highest BCUT2D eigenvalue weighted by molar-refractivity contribution is 7.92. The van der Waals surface area contributed by atoms with Crippen LogP contribution in [0, 0.1) is 30.1 Å². The highest BCUT2D eigenvalue weighted by Crippen LogP contribution is 2.48. The van der Waals surface area contributed by atoms with Gasteiger partial charge in [0.25, 0.3) is 0 Å². The summed E-state index contributed by atoms with van der Waals surface area (Å²) in [5.41, 5.74) is 5.19. The lowest BCUT2D eigenvalue weighted by Crippen LogP contribution is -2.17. The summed E-state index contributed by atoms with van der Waals surface area (Å²) in [6.45, 7) is 7.80. The van der Waals surface area contributed by atoms with Crippen LogP contribution < -0.4 is 0 Å². The average molecular weight is 638 g/mol. The van der Waals surface area contributed by atoms with Crippen LogP contribution >= 0.6 is 0 Å². The van der Waals surface area contributed by atoms with Gasteiger partial charge in [0, 0.05) is 61.2 Å². The second kappa shape index (κ2) is 12.0. The largest absolute Gasteiger partial charge is 0.421 e. The lowest BCUT2D eigenvalue weighted by Gasteiger charge is -2.23. The molecule has 5 aromatic rings. The highest BCUT2D eigenvalue weighted by Gasteiger charge is 2.43. The molecule has 12 heteroatoms. The number of ether oxygens (including phenoxy) is 1. The summed E-state index contributed by atoms with van der Waals surface area (Å²) in [6.07, 6.45) is 8.76. The van der Waals surface area contributed by atoms with Crippen LogP contribution in [0.3, 0.4) is 0 Å². The molecule has 11 nitrogen and oxygen atoms in total. The van der Waals surface area contributed by atoms with Gasteiger partial charge in [-0.25, -0.2) is 13.4 Å². The zero-order valence-corrected chi connectivity index (χ0v) is 26.9. The molecule has 2 aliphatic rings. The first-order valence-electron chi connectivity index (χ1n) is 15.7. The Morgan fingerprint density at radius 2 is 1.91 bits per heavy atom. The van der Waals surface area contributed by atoms with Crippen molar-refractivity contribution in [3.05, 3.63) is 71.4 Å². The summed E-state index contributed by atoms with van der Waals surface area (Å²) < 4.78 is 41.6. The van der Waals surface area contributed by atoms with Crippen molar-refractivity contribution < 1.29 is 17.6 Å². The number of hydrogen-bond acceptors (Lipinski definition) is 10. The molecule has 7 rings (SSSR count). The normalized spacial score (nSPS) is 17.8. The molecule has 1 saturated heterocycles. The molecule has 0 saturated carbocycles. The molecule has 0 radical (unpaired) electrons. The minimum Gasteiger partial charge on any atom is -0.421 e. The second-order valence-electron chi connectivity index (χ2n) is 12.6. The van der Waals surface area contributed by atoms with Crippen LogP contribution in [0.1, 0.15) is 67.6 Å². The van der Waals surface area contributed by atoms with Crippen molar-refractivity contribution in [2.75, 3.05) is 19.0 Å². The Morgan fingerprint density at radius 3 is 2.61 bits per heavy atom. The number of aromatic nitrogens is 6. The van der Waals surface area contributed by atoms with Gasteiger partial charge in [-0.1, -0.05) is 13.8 Å². The summed E-state index contributed by atoms with van der Waals surface area (Å²) in [7, 11) is -3.68. The van der Waals surface area contributed by atoms with Crippen molar-refractivity contribution in [1.29, 1.82) is 5.26 Å². The Balaban J connectivity index is 1.40. The Labute approximate surface area is 267 Å². The fourth-order valence-corrected chi connectivity index (χ4v) is 8.90. The zero-order chi connectivity index (χ0) is 32.0. The number of sulfone groups is 1. The van der Waals surface area contributed by atoms with Gasteiger partial charge in [0.15, 0.2) is 9.84 Å². The van der Waals surface area contributed by atoms with E-state index in [2.05, 4.69) is 21.3 Å². The molecule has 1 atom stereocenters. The fourth-order valence-electron chi connectivity index (χ4n) is 6.67. The molecule has 7 heterocycles. The Morgan fingerprint density at radius 1 is 1.09 bits per heavy atom. The first-order chi connectivity index (χ1) is 22.2. The average Bonchev–Trinajstić information content (AvgIpc) is 3.75. The third-order valence-corrected chi connectivity index (χ3v) is 11.0. The van der Waals surface area contributed by atoms with E-state index in [4.69, 9.17) is 24.4 Å². The van der Waals surface area contributed by atoms with Crippen molar-refractivity contribution in [2.45, 2.75) is 63.8 Å². The lowest BCUT2D eigenvalue weighted by atomic mass is 9.88. The van der Waals surface area contributed by atoms with E-state index in [1.807, 2.05) is 42.8 Å². The summed E-state index contributed by atoms with van der Waals surface area (Å²) in [4.78, 5) is 14.6. The van der Waals surface area contributed by atoms with Crippen LogP contribution in [-0.4, -0.2) is 57.1 Å². The van der Waals surface area contributed by atoms with Crippen LogP contribution in [0.15, 0.2) is 52.2 Å². The number of rotatable bonds is 8. The molecule has 46 heavy (non-hydrogen) atoms. The molecule has 0 amide bonds. The minimum atomic E-state index is -3.68. The number of pyridine rings is 3. The number of fused-ring (bicyclic) bond motifs is 2. The van der Waals surface area contributed by atoms with Gasteiger partial charge in [0.2, 0.25) is 11.8 Å². The fraction of sp³-hybridized carbons (Fsp3) is 0.412. The smallest absolute Gasteiger partial charge is 0.250 e. The van der Waals surface area contributed by atoms with Crippen molar-refractivity contribution in [3.63, 3.8) is 0 Å². The number of nitrogens with zero attached hydrogens (tertiary/aromatic N) is 7. The van der Waals surface area contributed by atoms with Crippen molar-refractivity contribution >= 4 is 20.9 Å². The van der Waals surface area contributed by atoms with E-state index in [9.17, 15) is 8.42 Å². The van der Waals surface area contributed by atoms with Gasteiger partial charge in [-0.15, -0.1) is 10.2 Å². The van der Waals surface area contributed by atoms with E-state index >= 15 is 0 Å². The standard InChI is InChI=1S/C34H35N7O4S/c1-20(2)27-19-46(42,43)32-29(25-14-24-8-11-41(33(24)37-17-25)18-26-6-4-23(15-35)16-36-26)30(34-40-39-21(3)45-34)28(38-31(27)32)7-5-22-9-12-44-13-10-22/h4,6,8,11,14,16-17,20,22,27H,5,7,9-10,12-13,18-19H2,1-3H3/t27-/m0/s1. The zero-order valence-electron chi connectivity index (χ0n) is 26.1. The SMILES string of the molecule is Cc1nnc(-c2c(CCC3CCOCC3)nc3c(c2-c2cnc4c(ccn4Cc4ccc(C#N)cn4)c2)S(=O)(=O)C[C@H]3C(C)C)o1. The van der Waals surface area contributed by atoms with E-state index in [0.29, 0.717) is 52.7 Å². The van der Waals surface area contributed by atoms with Crippen LogP contribution in [0.2, 0.25) is 0 Å². The number of aryl methyl sites for hydroxylation is 2. The van der Waals surface area contributed by atoms with Crippen LogP contribution in [0.4, 0.5) is 0 Å². The maximum absolute atomic E-state index is 14.0. The molecule has 0 unspecified atom stereocenters. The van der Waals surface area contributed by atoms with Gasteiger partial charge in [-0.2, -0.15) is 5.26 Å². The Hall–Kier alpha value is -4.47. The van der Waals surface area contributed by atoms with Crippen LogP contribution in [0.25, 0.3) is 33.6 Å². The molecule has 0 aliphatic carbocycles. The summed E-state index contributed by atoms with van der Waals surface area (Å²) in [5.74, 6) is 1.02. The quantitative estimate of drug-likeness (QED) is 0.209. The predicted molar refractivity (Wildman–Crippen MR) is 171 cm³/mol. The van der Waals surface area contributed by atoms with Gasteiger partial charge < -0.3 is 13.7 Å². The van der Waals surface area contributed by atoms with Gasteiger partial charge in [-0.3, -0.25) is 9.97 Å². The number of hydrogen-bond donors (Lipinski definition) is 0. The predicted octanol–water partition coefficient (Wildman–Crippen LogP) is 5.66. The molecule has 5 aromatic heterocycles. The molecular formula is C34H35N7O4S. The maximum atomic E-state index is 14.0. The van der Waals surface area contributed by atoms with Crippen molar-refractivity contribution in [3.8, 4) is 28.7 Å². The third-order valence-electron chi connectivity index (χ3n) is 9.17. The van der Waals surface area contributed by atoms with E-state index in [-0.39, 0.29) is 28.4 Å². The van der Waals surface area contributed by atoms with E-state index in [1.165, 1.54) is 0 Å². The molecule has 0 bridgehead atoms. The second-order valence-corrected chi connectivity index (χ2v) is 14.6.